The third-order valence-electron chi connectivity index (χ3n) is 8.00. The van der Waals surface area contributed by atoms with Crippen molar-refractivity contribution in [2.24, 2.45) is 17.3 Å². The van der Waals surface area contributed by atoms with Gasteiger partial charge in [-0.3, -0.25) is 9.59 Å². The van der Waals surface area contributed by atoms with Gasteiger partial charge in [-0.05, 0) is 44.3 Å². The van der Waals surface area contributed by atoms with Crippen molar-refractivity contribution >= 4 is 29.2 Å². The van der Waals surface area contributed by atoms with Gasteiger partial charge in [0, 0.05) is 17.7 Å². The number of aliphatic hydroxyl groups is 3. The first-order chi connectivity index (χ1) is 16.8. The fraction of sp³-hybridized carbons (Fsp3) is 0.741. The van der Waals surface area contributed by atoms with Crippen LogP contribution in [0, 0.1) is 17.3 Å². The highest BCUT2D eigenvalue weighted by molar-refractivity contribution is 7.09. The predicted molar refractivity (Wildman–Crippen MR) is 137 cm³/mol. The molecule has 1 aromatic rings. The molecule has 0 aromatic carbocycles. The number of Topliss-reactive ketones (excluding diaryl/α,β-unsaturated/α-hetero) is 1. The Kier molecular flexibility index (Phi) is 9.15. The molecule has 0 saturated carbocycles. The van der Waals surface area contributed by atoms with Gasteiger partial charge in [-0.15, -0.1) is 11.3 Å². The zero-order valence-electron chi connectivity index (χ0n) is 22.2. The summed E-state index contributed by atoms with van der Waals surface area (Å²) in [5.41, 5.74) is -0.0964. The van der Waals surface area contributed by atoms with E-state index in [2.05, 4.69) is 4.98 Å². The van der Waals surface area contributed by atoms with E-state index >= 15 is 0 Å². The summed E-state index contributed by atoms with van der Waals surface area (Å²) < 4.78 is 11.9. The van der Waals surface area contributed by atoms with Crippen LogP contribution >= 0.6 is 11.3 Å². The maximum Gasteiger partial charge on any atom is 0.309 e. The summed E-state index contributed by atoms with van der Waals surface area (Å²) in [6.45, 7) is 10.6. The topological polar surface area (TPSA) is 129 Å². The van der Waals surface area contributed by atoms with Crippen molar-refractivity contribution in [3.05, 3.63) is 21.7 Å². The second kappa shape index (κ2) is 11.4. The molecule has 2 fully saturated rings. The van der Waals surface area contributed by atoms with Crippen LogP contribution in [0.3, 0.4) is 0 Å². The molecule has 0 radical (unpaired) electrons. The Morgan fingerprint density at radius 2 is 1.94 bits per heavy atom. The lowest BCUT2D eigenvalue weighted by Gasteiger charge is -2.34. The summed E-state index contributed by atoms with van der Waals surface area (Å²) in [5, 5.41) is 33.4. The van der Waals surface area contributed by atoms with Crippen molar-refractivity contribution in [3.8, 4) is 0 Å². The lowest BCUT2D eigenvalue weighted by molar-refractivity contribution is -0.154. The van der Waals surface area contributed by atoms with Crippen LogP contribution < -0.4 is 0 Å². The highest BCUT2D eigenvalue weighted by Gasteiger charge is 2.53. The third-order valence-corrected chi connectivity index (χ3v) is 8.85. The number of fused-ring (bicyclic) bond motifs is 1. The third kappa shape index (κ3) is 6.61. The van der Waals surface area contributed by atoms with Gasteiger partial charge >= 0.3 is 5.97 Å². The predicted octanol–water partition coefficient (Wildman–Crippen LogP) is 3.66. The van der Waals surface area contributed by atoms with Crippen molar-refractivity contribution < 1.29 is 34.4 Å². The van der Waals surface area contributed by atoms with E-state index in [4.69, 9.17) is 9.47 Å². The smallest absolute Gasteiger partial charge is 0.309 e. The van der Waals surface area contributed by atoms with E-state index in [-0.39, 0.29) is 36.4 Å². The molecule has 3 rings (SSSR count). The fourth-order valence-electron chi connectivity index (χ4n) is 5.08. The maximum atomic E-state index is 13.2. The minimum Gasteiger partial charge on any atom is -0.458 e. The molecule has 2 aliphatic rings. The van der Waals surface area contributed by atoms with E-state index in [0.29, 0.717) is 17.1 Å². The number of rotatable bonds is 3. The van der Waals surface area contributed by atoms with Crippen LogP contribution in [0.4, 0.5) is 0 Å². The highest BCUT2D eigenvalue weighted by Crippen LogP contribution is 2.45. The molecule has 3 heterocycles. The van der Waals surface area contributed by atoms with Crippen LogP contribution in [0.15, 0.2) is 11.0 Å². The van der Waals surface area contributed by atoms with Crippen LogP contribution in [-0.2, 0) is 25.7 Å². The SMILES string of the molecule is C/C(=C\c1csc(CO)n1)C1CC2OC2(C)CCCC(C)C(O)C(C)C(=O)C(C)(C)C(O)CC(=O)O1. The molecule has 0 aliphatic carbocycles. The molecule has 202 valence electrons. The van der Waals surface area contributed by atoms with E-state index in [0.717, 1.165) is 24.8 Å². The van der Waals surface area contributed by atoms with Crippen LogP contribution in [0.5, 0.6) is 0 Å². The Hall–Kier alpha value is -1.65. The van der Waals surface area contributed by atoms with Gasteiger partial charge in [0.25, 0.3) is 0 Å². The zero-order valence-corrected chi connectivity index (χ0v) is 23.0. The Morgan fingerprint density at radius 3 is 2.58 bits per heavy atom. The number of epoxide rings is 1. The molecule has 9 heteroatoms. The van der Waals surface area contributed by atoms with Crippen LogP contribution in [-0.4, -0.2) is 62.1 Å². The second-order valence-corrected chi connectivity index (χ2v) is 12.2. The number of esters is 1. The number of hydrogen-bond acceptors (Lipinski definition) is 9. The second-order valence-electron chi connectivity index (χ2n) is 11.3. The van der Waals surface area contributed by atoms with E-state index < -0.39 is 35.6 Å². The molecule has 2 aliphatic heterocycles. The number of ether oxygens (including phenoxy) is 2. The molecule has 7 atom stereocenters. The number of nitrogens with zero attached hydrogens (tertiary/aromatic N) is 1. The average molecular weight is 524 g/mol. The van der Waals surface area contributed by atoms with Gasteiger partial charge < -0.3 is 24.8 Å². The van der Waals surface area contributed by atoms with Crippen molar-refractivity contribution in [2.45, 2.75) is 110 Å². The van der Waals surface area contributed by atoms with Crippen molar-refractivity contribution in [2.75, 3.05) is 0 Å². The maximum absolute atomic E-state index is 13.2. The summed E-state index contributed by atoms with van der Waals surface area (Å²) in [5.74, 6) is -1.64. The molecule has 2 saturated heterocycles. The zero-order chi connectivity index (χ0) is 26.8. The summed E-state index contributed by atoms with van der Waals surface area (Å²) in [6, 6.07) is 0. The summed E-state index contributed by atoms with van der Waals surface area (Å²) >= 11 is 1.35. The number of thiazole rings is 1. The molecule has 0 spiro atoms. The van der Waals surface area contributed by atoms with Gasteiger partial charge in [-0.2, -0.15) is 0 Å². The number of aromatic nitrogens is 1. The van der Waals surface area contributed by atoms with Gasteiger partial charge in [0.2, 0.25) is 0 Å². The monoisotopic (exact) mass is 523 g/mol. The van der Waals surface area contributed by atoms with Gasteiger partial charge in [-0.1, -0.05) is 34.1 Å². The first-order valence-corrected chi connectivity index (χ1v) is 13.7. The summed E-state index contributed by atoms with van der Waals surface area (Å²) in [7, 11) is 0. The lowest BCUT2D eigenvalue weighted by Crippen LogP contribution is -2.45. The normalized spacial score (nSPS) is 36.8. The number of hydrogen-bond donors (Lipinski definition) is 3. The number of ketones is 1. The van der Waals surface area contributed by atoms with Crippen molar-refractivity contribution in [1.29, 1.82) is 0 Å². The molecular formula is C27H41NO7S. The van der Waals surface area contributed by atoms with E-state index in [1.54, 1.807) is 20.8 Å². The molecule has 0 amide bonds. The van der Waals surface area contributed by atoms with Crippen molar-refractivity contribution in [3.63, 3.8) is 0 Å². The van der Waals surface area contributed by atoms with E-state index in [1.807, 2.05) is 32.2 Å². The van der Waals surface area contributed by atoms with Gasteiger partial charge in [-0.25, -0.2) is 4.98 Å². The molecule has 1 aromatic heterocycles. The summed E-state index contributed by atoms with van der Waals surface area (Å²) in [6.07, 6.45) is 1.60. The summed E-state index contributed by atoms with van der Waals surface area (Å²) in [4.78, 5) is 30.5. The Balaban J connectivity index is 1.85. The number of carbonyl (C=O) groups excluding carboxylic acids is 2. The number of aliphatic hydroxyl groups excluding tert-OH is 3. The lowest BCUT2D eigenvalue weighted by atomic mass is 9.73. The fourth-order valence-corrected chi connectivity index (χ4v) is 5.69. The van der Waals surface area contributed by atoms with Crippen LogP contribution in [0.25, 0.3) is 6.08 Å². The molecule has 3 N–H and O–H groups in total. The van der Waals surface area contributed by atoms with E-state index in [1.165, 1.54) is 11.3 Å². The van der Waals surface area contributed by atoms with Crippen LogP contribution in [0.2, 0.25) is 0 Å². The average Bonchev–Trinajstić information content (AvgIpc) is 3.23. The van der Waals surface area contributed by atoms with Crippen molar-refractivity contribution in [1.82, 2.24) is 4.98 Å². The van der Waals surface area contributed by atoms with Gasteiger partial charge in [0.05, 0.1) is 48.0 Å². The standard InChI is InChI=1S/C27H41NO7S/c1-15-8-7-9-27(6)21(35-27)11-19(16(2)10-18-14-36-22(13-29)28-18)34-23(31)12-20(30)26(4,5)25(33)17(3)24(15)32/h10,14-15,17,19-21,24,29-30,32H,7-9,11-13H2,1-6H3/b16-10+. The molecule has 0 bridgehead atoms. The number of cyclic esters (lactones) is 1. The van der Waals surface area contributed by atoms with E-state index in [9.17, 15) is 24.9 Å². The Labute approximate surface area is 217 Å². The van der Waals surface area contributed by atoms with Crippen LogP contribution in [0.1, 0.15) is 84.3 Å². The molecule has 36 heavy (non-hydrogen) atoms. The Morgan fingerprint density at radius 1 is 1.25 bits per heavy atom. The Bertz CT molecular complexity index is 973. The largest absolute Gasteiger partial charge is 0.458 e. The first-order valence-electron chi connectivity index (χ1n) is 12.8. The molecule has 7 unspecified atom stereocenters. The minimum absolute atomic E-state index is 0.0860. The highest BCUT2D eigenvalue weighted by atomic mass is 32.1. The quantitative estimate of drug-likeness (QED) is 0.404. The van der Waals surface area contributed by atoms with Gasteiger partial charge in [0.15, 0.2) is 0 Å². The first kappa shape index (κ1) is 28.9. The molecule has 8 nitrogen and oxygen atoms in total. The van der Waals surface area contributed by atoms with Gasteiger partial charge in [0.1, 0.15) is 16.9 Å². The number of carbonyl (C=O) groups is 2. The molecular weight excluding hydrogens is 482 g/mol. The minimum atomic E-state index is -1.26.